The smallest absolute Gasteiger partial charge is 0.0110 e. The van der Waals surface area contributed by atoms with Gasteiger partial charge in [-0.1, -0.05) is 27.2 Å². The van der Waals surface area contributed by atoms with E-state index < -0.39 is 0 Å². The summed E-state index contributed by atoms with van der Waals surface area (Å²) in [6, 6.07) is 0. The third kappa shape index (κ3) is 3.58. The third-order valence-electron chi connectivity index (χ3n) is 3.56. The molecule has 1 fully saturated rings. The summed E-state index contributed by atoms with van der Waals surface area (Å²) in [7, 11) is 2.22. The summed E-state index contributed by atoms with van der Waals surface area (Å²) in [5, 5.41) is 0. The molecule has 0 spiro atoms. The number of likely N-dealkylation sites (N-methyl/N-ethyl adjacent to an activating group) is 1. The molecule has 0 aromatic carbocycles. The summed E-state index contributed by atoms with van der Waals surface area (Å²) in [6.07, 6.45) is 1.32. The van der Waals surface area contributed by atoms with Gasteiger partial charge in [0.05, 0.1) is 0 Å². The minimum absolute atomic E-state index is 0.833. The van der Waals surface area contributed by atoms with E-state index in [1.807, 2.05) is 0 Å². The molecule has 1 aliphatic heterocycles. The van der Waals surface area contributed by atoms with Gasteiger partial charge in [-0.05, 0) is 18.9 Å². The molecule has 0 aliphatic carbocycles. The average Bonchev–Trinajstić information content (AvgIpc) is 2.16. The van der Waals surface area contributed by atoms with Gasteiger partial charge in [0.1, 0.15) is 0 Å². The summed E-state index contributed by atoms with van der Waals surface area (Å²) < 4.78 is 0. The zero-order chi connectivity index (χ0) is 10.6. The van der Waals surface area contributed by atoms with Gasteiger partial charge in [0.25, 0.3) is 0 Å². The molecule has 1 saturated heterocycles. The van der Waals surface area contributed by atoms with Gasteiger partial charge < -0.3 is 9.80 Å². The highest BCUT2D eigenvalue weighted by molar-refractivity contribution is 4.73. The Hall–Kier alpha value is -0.0800. The van der Waals surface area contributed by atoms with Crippen LogP contribution in [0.15, 0.2) is 0 Å². The third-order valence-corrected chi connectivity index (χ3v) is 3.56. The van der Waals surface area contributed by atoms with Crippen LogP contribution >= 0.6 is 0 Å². The zero-order valence-corrected chi connectivity index (χ0v) is 10.3. The lowest BCUT2D eigenvalue weighted by Gasteiger charge is -2.35. The molecule has 0 aromatic heterocycles. The molecule has 1 heterocycles. The molecule has 84 valence electrons. The molecule has 0 saturated carbocycles. The Kier molecular flexibility index (Phi) is 4.90. The largest absolute Gasteiger partial charge is 0.304 e. The monoisotopic (exact) mass is 198 g/mol. The predicted octanol–water partition coefficient (Wildman–Crippen LogP) is 1.92. The molecular weight excluding hydrogens is 172 g/mol. The van der Waals surface area contributed by atoms with Crippen LogP contribution in [0.1, 0.15) is 27.2 Å². The van der Waals surface area contributed by atoms with Crippen molar-refractivity contribution in [1.82, 2.24) is 9.80 Å². The van der Waals surface area contributed by atoms with Crippen molar-refractivity contribution >= 4 is 0 Å². The zero-order valence-electron chi connectivity index (χ0n) is 10.3. The molecule has 1 aliphatic rings. The van der Waals surface area contributed by atoms with Crippen molar-refractivity contribution in [2.75, 3.05) is 39.8 Å². The molecule has 0 N–H and O–H groups in total. The minimum Gasteiger partial charge on any atom is -0.304 e. The SMILES string of the molecule is CCC(CN1CCN(C)CC1)C(C)C. The van der Waals surface area contributed by atoms with Gasteiger partial charge in [-0.25, -0.2) is 0 Å². The Bertz CT molecular complexity index is 148. The van der Waals surface area contributed by atoms with Crippen LogP contribution in [0.3, 0.4) is 0 Å². The quantitative estimate of drug-likeness (QED) is 0.681. The van der Waals surface area contributed by atoms with E-state index in [1.54, 1.807) is 0 Å². The molecule has 1 rings (SSSR count). The summed E-state index contributed by atoms with van der Waals surface area (Å²) in [5.74, 6) is 1.72. The number of rotatable bonds is 4. The first-order valence-corrected chi connectivity index (χ1v) is 6.04. The molecule has 0 bridgehead atoms. The lowest BCUT2D eigenvalue weighted by Crippen LogP contribution is -2.46. The van der Waals surface area contributed by atoms with Gasteiger partial charge in [0, 0.05) is 32.7 Å². The Morgan fingerprint density at radius 3 is 2.07 bits per heavy atom. The molecule has 1 unspecified atom stereocenters. The van der Waals surface area contributed by atoms with Crippen molar-refractivity contribution in [3.8, 4) is 0 Å². The van der Waals surface area contributed by atoms with E-state index in [-0.39, 0.29) is 0 Å². The van der Waals surface area contributed by atoms with Crippen LogP contribution in [-0.4, -0.2) is 49.6 Å². The first-order chi connectivity index (χ1) is 6.63. The van der Waals surface area contributed by atoms with E-state index in [0.717, 1.165) is 11.8 Å². The highest BCUT2D eigenvalue weighted by Gasteiger charge is 2.18. The van der Waals surface area contributed by atoms with Crippen molar-refractivity contribution in [3.05, 3.63) is 0 Å². The van der Waals surface area contributed by atoms with Crippen LogP contribution in [0.2, 0.25) is 0 Å². The first-order valence-electron chi connectivity index (χ1n) is 6.04. The Morgan fingerprint density at radius 1 is 1.07 bits per heavy atom. The lowest BCUT2D eigenvalue weighted by molar-refractivity contribution is 0.123. The van der Waals surface area contributed by atoms with Gasteiger partial charge in [-0.3, -0.25) is 0 Å². The van der Waals surface area contributed by atoms with Crippen molar-refractivity contribution < 1.29 is 0 Å². The summed E-state index contributed by atoms with van der Waals surface area (Å²) in [5.41, 5.74) is 0. The molecular formula is C12H26N2. The molecule has 0 aromatic rings. The summed E-state index contributed by atoms with van der Waals surface area (Å²) in [4.78, 5) is 5.06. The van der Waals surface area contributed by atoms with Crippen molar-refractivity contribution in [3.63, 3.8) is 0 Å². The van der Waals surface area contributed by atoms with Gasteiger partial charge in [-0.2, -0.15) is 0 Å². The van der Waals surface area contributed by atoms with Crippen LogP contribution in [0, 0.1) is 11.8 Å². The van der Waals surface area contributed by atoms with Crippen molar-refractivity contribution in [1.29, 1.82) is 0 Å². The fourth-order valence-electron chi connectivity index (χ4n) is 2.17. The van der Waals surface area contributed by atoms with Gasteiger partial charge in [0.2, 0.25) is 0 Å². The Labute approximate surface area is 89.3 Å². The van der Waals surface area contributed by atoms with E-state index in [2.05, 4.69) is 37.6 Å². The number of piperazine rings is 1. The molecule has 0 amide bonds. The van der Waals surface area contributed by atoms with Gasteiger partial charge >= 0.3 is 0 Å². The van der Waals surface area contributed by atoms with Gasteiger partial charge in [-0.15, -0.1) is 0 Å². The predicted molar refractivity (Wildman–Crippen MR) is 62.6 cm³/mol. The second kappa shape index (κ2) is 5.72. The maximum absolute atomic E-state index is 2.63. The summed E-state index contributed by atoms with van der Waals surface area (Å²) in [6.45, 7) is 13.3. The first kappa shape index (κ1) is 12.0. The van der Waals surface area contributed by atoms with Crippen molar-refractivity contribution in [2.45, 2.75) is 27.2 Å². The maximum atomic E-state index is 2.63. The van der Waals surface area contributed by atoms with E-state index in [0.29, 0.717) is 0 Å². The fourth-order valence-corrected chi connectivity index (χ4v) is 2.17. The normalized spacial score (nSPS) is 22.9. The number of nitrogens with zero attached hydrogens (tertiary/aromatic N) is 2. The van der Waals surface area contributed by atoms with Gasteiger partial charge in [0.15, 0.2) is 0 Å². The van der Waals surface area contributed by atoms with Crippen LogP contribution < -0.4 is 0 Å². The second-order valence-corrected chi connectivity index (χ2v) is 5.02. The Morgan fingerprint density at radius 2 is 1.64 bits per heavy atom. The lowest BCUT2D eigenvalue weighted by atomic mass is 9.92. The van der Waals surface area contributed by atoms with Crippen molar-refractivity contribution in [2.24, 2.45) is 11.8 Å². The molecule has 14 heavy (non-hydrogen) atoms. The van der Waals surface area contributed by atoms with Crippen LogP contribution in [0.4, 0.5) is 0 Å². The fraction of sp³-hybridized carbons (Fsp3) is 1.00. The minimum atomic E-state index is 0.833. The molecule has 1 atom stereocenters. The van der Waals surface area contributed by atoms with Crippen LogP contribution in [0.5, 0.6) is 0 Å². The molecule has 2 nitrogen and oxygen atoms in total. The highest BCUT2D eigenvalue weighted by Crippen LogP contribution is 2.16. The van der Waals surface area contributed by atoms with E-state index in [9.17, 15) is 0 Å². The highest BCUT2D eigenvalue weighted by atomic mass is 15.2. The topological polar surface area (TPSA) is 6.48 Å². The number of hydrogen-bond donors (Lipinski definition) is 0. The van der Waals surface area contributed by atoms with Crippen LogP contribution in [-0.2, 0) is 0 Å². The standard InChI is InChI=1S/C12H26N2/c1-5-12(11(2)3)10-14-8-6-13(4)7-9-14/h11-12H,5-10H2,1-4H3. The second-order valence-electron chi connectivity index (χ2n) is 5.02. The molecule has 2 heteroatoms. The molecule has 0 radical (unpaired) electrons. The van der Waals surface area contributed by atoms with Crippen LogP contribution in [0.25, 0.3) is 0 Å². The van der Waals surface area contributed by atoms with E-state index in [1.165, 1.54) is 39.1 Å². The average molecular weight is 198 g/mol. The summed E-state index contributed by atoms with van der Waals surface area (Å²) >= 11 is 0. The van der Waals surface area contributed by atoms with E-state index in [4.69, 9.17) is 0 Å². The maximum Gasteiger partial charge on any atom is 0.0110 e. The Balaban J connectivity index is 2.29. The van der Waals surface area contributed by atoms with E-state index >= 15 is 0 Å². The number of hydrogen-bond acceptors (Lipinski definition) is 2.